The molecule has 0 radical (unpaired) electrons. The predicted molar refractivity (Wildman–Crippen MR) is 101 cm³/mol. The molecular formula is C20H25N5O. The lowest BCUT2D eigenvalue weighted by Gasteiger charge is -2.33. The highest BCUT2D eigenvalue weighted by Crippen LogP contribution is 2.28. The highest BCUT2D eigenvalue weighted by atomic mass is 16.2. The van der Waals surface area contributed by atoms with Crippen molar-refractivity contribution in [3.63, 3.8) is 0 Å². The molecule has 0 bridgehead atoms. The van der Waals surface area contributed by atoms with Crippen LogP contribution in [0.3, 0.4) is 0 Å². The van der Waals surface area contributed by atoms with Crippen LogP contribution in [0.25, 0.3) is 0 Å². The van der Waals surface area contributed by atoms with Gasteiger partial charge in [0.1, 0.15) is 6.07 Å². The first kappa shape index (κ1) is 19.4. The van der Waals surface area contributed by atoms with Crippen LogP contribution >= 0.6 is 0 Å². The second-order valence-corrected chi connectivity index (χ2v) is 6.85. The Balaban J connectivity index is 2.32. The fourth-order valence-electron chi connectivity index (χ4n) is 2.66. The van der Waals surface area contributed by atoms with E-state index in [1.165, 1.54) is 6.20 Å². The number of rotatable bonds is 7. The zero-order chi connectivity index (χ0) is 19.2. The van der Waals surface area contributed by atoms with Gasteiger partial charge in [-0.2, -0.15) is 10.2 Å². The van der Waals surface area contributed by atoms with Crippen LogP contribution in [-0.2, 0) is 10.2 Å². The van der Waals surface area contributed by atoms with E-state index in [1.807, 2.05) is 50.2 Å². The molecule has 0 aliphatic heterocycles. The van der Waals surface area contributed by atoms with Gasteiger partial charge < -0.3 is 0 Å². The molecule has 26 heavy (non-hydrogen) atoms. The Bertz CT molecular complexity index is 784. The van der Waals surface area contributed by atoms with Crippen molar-refractivity contribution in [2.45, 2.75) is 39.5 Å². The first-order chi connectivity index (χ1) is 12.4. The number of hydrogen-bond donors (Lipinski definition) is 1. The second-order valence-electron chi connectivity index (χ2n) is 6.85. The van der Waals surface area contributed by atoms with Crippen LogP contribution in [0.15, 0.2) is 42.6 Å². The Kier molecular flexibility index (Phi) is 6.29. The summed E-state index contributed by atoms with van der Waals surface area (Å²) >= 11 is 0. The molecule has 0 aliphatic rings. The van der Waals surface area contributed by atoms with Crippen molar-refractivity contribution in [2.24, 2.45) is 5.92 Å². The fourth-order valence-corrected chi connectivity index (χ4v) is 2.66. The van der Waals surface area contributed by atoms with Crippen LogP contribution in [0.2, 0.25) is 0 Å². The Hall–Kier alpha value is -2.94. The summed E-state index contributed by atoms with van der Waals surface area (Å²) in [6.07, 6.45) is 2.18. The minimum atomic E-state index is -0.665. The molecule has 2 rings (SSSR count). The van der Waals surface area contributed by atoms with Crippen LogP contribution in [0.5, 0.6) is 0 Å². The minimum absolute atomic E-state index is 0.0758. The van der Waals surface area contributed by atoms with Crippen LogP contribution in [0.4, 0.5) is 5.82 Å². The van der Waals surface area contributed by atoms with E-state index in [4.69, 9.17) is 5.26 Å². The summed E-state index contributed by atoms with van der Waals surface area (Å²) in [6, 6.07) is 13.4. The number of nitrogens with one attached hydrogen (secondary N) is 1. The number of aromatic nitrogens is 2. The molecule has 1 atom stereocenters. The van der Waals surface area contributed by atoms with E-state index in [-0.39, 0.29) is 11.7 Å². The van der Waals surface area contributed by atoms with Gasteiger partial charge in [0, 0.05) is 18.8 Å². The maximum atomic E-state index is 13.2. The molecule has 0 spiro atoms. The summed E-state index contributed by atoms with van der Waals surface area (Å²) in [4.78, 5) is 21.3. The molecular weight excluding hydrogens is 326 g/mol. The zero-order valence-corrected chi connectivity index (χ0v) is 15.7. The topological polar surface area (TPSA) is 81.9 Å². The van der Waals surface area contributed by atoms with Gasteiger partial charge in [-0.3, -0.25) is 15.2 Å². The first-order valence-electron chi connectivity index (χ1n) is 8.78. The molecule has 0 aliphatic carbocycles. The molecule has 0 saturated heterocycles. The van der Waals surface area contributed by atoms with E-state index < -0.39 is 5.41 Å². The van der Waals surface area contributed by atoms with Gasteiger partial charge in [0.05, 0.1) is 5.41 Å². The molecule has 1 heterocycles. The lowest BCUT2D eigenvalue weighted by molar-refractivity contribution is -0.126. The van der Waals surface area contributed by atoms with Gasteiger partial charge in [-0.15, -0.1) is 0 Å². The Morgan fingerprint density at radius 3 is 2.58 bits per heavy atom. The Morgan fingerprint density at radius 1 is 1.31 bits per heavy atom. The molecule has 1 aromatic carbocycles. The van der Waals surface area contributed by atoms with E-state index in [1.54, 1.807) is 11.1 Å². The highest BCUT2D eigenvalue weighted by Gasteiger charge is 2.34. The van der Waals surface area contributed by atoms with Gasteiger partial charge in [0.25, 0.3) is 0 Å². The number of carbonyl (C=O) groups is 1. The largest absolute Gasteiger partial charge is 0.272 e. The van der Waals surface area contributed by atoms with E-state index in [0.29, 0.717) is 24.7 Å². The molecule has 136 valence electrons. The van der Waals surface area contributed by atoms with Gasteiger partial charge in [0.15, 0.2) is 5.82 Å². The van der Waals surface area contributed by atoms with Crippen molar-refractivity contribution in [3.05, 3.63) is 54.0 Å². The lowest BCUT2D eigenvalue weighted by atomic mass is 9.79. The molecule has 6 nitrogen and oxygen atoms in total. The number of benzene rings is 1. The van der Waals surface area contributed by atoms with Crippen LogP contribution < -0.4 is 10.4 Å². The molecule has 2 aromatic rings. The number of carbonyl (C=O) groups excluding carboxylic acids is 1. The van der Waals surface area contributed by atoms with Crippen molar-refractivity contribution in [3.8, 4) is 6.07 Å². The number of nitrogens with zero attached hydrogens (tertiary/aromatic N) is 4. The number of amides is 1. The van der Waals surface area contributed by atoms with Crippen LogP contribution in [-0.4, -0.2) is 22.4 Å². The van der Waals surface area contributed by atoms with Gasteiger partial charge in [-0.1, -0.05) is 51.1 Å². The summed E-state index contributed by atoms with van der Waals surface area (Å²) in [5, 5.41) is 10.7. The third-order valence-electron chi connectivity index (χ3n) is 4.42. The summed E-state index contributed by atoms with van der Waals surface area (Å²) in [6.45, 7) is 8.62. The van der Waals surface area contributed by atoms with Crippen LogP contribution in [0.1, 0.15) is 45.5 Å². The van der Waals surface area contributed by atoms with Gasteiger partial charge in [-0.25, -0.2) is 4.98 Å². The Morgan fingerprint density at radius 2 is 2.00 bits per heavy atom. The first-order valence-corrected chi connectivity index (χ1v) is 8.78. The van der Waals surface area contributed by atoms with E-state index in [2.05, 4.69) is 29.2 Å². The van der Waals surface area contributed by atoms with E-state index in [0.717, 1.165) is 5.56 Å². The predicted octanol–water partition coefficient (Wildman–Crippen LogP) is 3.21. The molecule has 6 heteroatoms. The molecule has 1 unspecified atom stereocenters. The van der Waals surface area contributed by atoms with Crippen molar-refractivity contribution < 1.29 is 4.79 Å². The molecule has 1 aromatic heterocycles. The normalized spacial score (nSPS) is 12.9. The summed E-state index contributed by atoms with van der Waals surface area (Å²) in [5.74, 6) is 0.765. The van der Waals surface area contributed by atoms with Crippen molar-refractivity contribution >= 4 is 11.7 Å². The minimum Gasteiger partial charge on any atom is -0.272 e. The van der Waals surface area contributed by atoms with E-state index >= 15 is 0 Å². The third kappa shape index (κ3) is 4.37. The molecule has 0 saturated carbocycles. The second kappa shape index (κ2) is 8.43. The van der Waals surface area contributed by atoms with Gasteiger partial charge in [-0.05, 0) is 24.8 Å². The fraction of sp³-hybridized carbons (Fsp3) is 0.400. The van der Waals surface area contributed by atoms with Gasteiger partial charge >= 0.3 is 0 Å². The maximum Gasteiger partial charge on any atom is 0.248 e. The SMILES string of the molecule is CCC(C)(C(=O)NN(CC(C)C)c1ccnc(C#N)n1)c1ccccc1. The quantitative estimate of drug-likeness (QED) is 0.775. The van der Waals surface area contributed by atoms with Gasteiger partial charge in [0.2, 0.25) is 11.7 Å². The third-order valence-corrected chi connectivity index (χ3v) is 4.42. The summed E-state index contributed by atoms with van der Waals surface area (Å²) in [7, 11) is 0. The van der Waals surface area contributed by atoms with Crippen LogP contribution in [0, 0.1) is 17.2 Å². The number of hydrazine groups is 1. The smallest absolute Gasteiger partial charge is 0.248 e. The van der Waals surface area contributed by atoms with E-state index in [9.17, 15) is 4.79 Å². The molecule has 1 N–H and O–H groups in total. The Labute approximate surface area is 154 Å². The summed E-state index contributed by atoms with van der Waals surface area (Å²) in [5.41, 5.74) is 3.30. The zero-order valence-electron chi connectivity index (χ0n) is 15.7. The lowest BCUT2D eigenvalue weighted by Crippen LogP contribution is -2.52. The molecule has 1 amide bonds. The number of nitriles is 1. The number of anilines is 1. The standard InChI is InChI=1S/C20H25N5O/c1-5-20(4,16-9-7-6-8-10-16)19(26)24-25(14-15(2)3)18-11-12-22-17(13-21)23-18/h6-12,15H,5,14H2,1-4H3,(H,24,26). The molecule has 0 fully saturated rings. The van der Waals surface area contributed by atoms with Crippen molar-refractivity contribution in [2.75, 3.05) is 11.6 Å². The summed E-state index contributed by atoms with van der Waals surface area (Å²) < 4.78 is 0. The average molecular weight is 351 g/mol. The van der Waals surface area contributed by atoms with Crippen molar-refractivity contribution in [1.29, 1.82) is 5.26 Å². The average Bonchev–Trinajstić information content (AvgIpc) is 2.67. The maximum absolute atomic E-state index is 13.2. The van der Waals surface area contributed by atoms with Crippen molar-refractivity contribution in [1.82, 2.24) is 15.4 Å². The highest BCUT2D eigenvalue weighted by molar-refractivity contribution is 5.88. The monoisotopic (exact) mass is 351 g/mol. The number of hydrogen-bond acceptors (Lipinski definition) is 5.